The van der Waals surface area contributed by atoms with Crippen LogP contribution in [0.15, 0.2) is 17.5 Å². The monoisotopic (exact) mass is 273 g/mol. The Morgan fingerprint density at radius 3 is 2.94 bits per heavy atom. The van der Waals surface area contributed by atoms with Gasteiger partial charge in [-0.05, 0) is 37.1 Å². The van der Waals surface area contributed by atoms with Gasteiger partial charge in [0.1, 0.15) is 0 Å². The van der Waals surface area contributed by atoms with E-state index in [-0.39, 0.29) is 11.3 Å². The number of hydrogen-bond acceptors (Lipinski definition) is 4. The zero-order chi connectivity index (χ0) is 12.3. The summed E-state index contributed by atoms with van der Waals surface area (Å²) in [6, 6.07) is 3.89. The lowest BCUT2D eigenvalue weighted by Crippen LogP contribution is -2.43. The summed E-state index contributed by atoms with van der Waals surface area (Å²) in [6.07, 6.45) is 4.20. The standard InChI is InChI=1S/C12H19NO2S2/c13-11(7-6-10-4-3-8-16-10)12-5-1-2-9-17(12,14)15/h3-4,8,11-12H,1-2,5-7,9,13H2. The van der Waals surface area contributed by atoms with Crippen molar-refractivity contribution < 1.29 is 8.42 Å². The van der Waals surface area contributed by atoms with Gasteiger partial charge in [0.2, 0.25) is 0 Å². The van der Waals surface area contributed by atoms with E-state index >= 15 is 0 Å². The average Bonchev–Trinajstić information content (AvgIpc) is 2.78. The van der Waals surface area contributed by atoms with Gasteiger partial charge < -0.3 is 5.73 Å². The fourth-order valence-electron chi connectivity index (χ4n) is 2.41. The molecule has 5 heteroatoms. The van der Waals surface area contributed by atoms with E-state index in [1.807, 2.05) is 11.4 Å². The third-order valence-corrected chi connectivity index (χ3v) is 6.71. The van der Waals surface area contributed by atoms with Crippen LogP contribution in [0.3, 0.4) is 0 Å². The van der Waals surface area contributed by atoms with E-state index in [1.165, 1.54) is 4.88 Å². The van der Waals surface area contributed by atoms with Crippen LogP contribution in [0.1, 0.15) is 30.6 Å². The quantitative estimate of drug-likeness (QED) is 0.912. The molecule has 1 aromatic heterocycles. The summed E-state index contributed by atoms with van der Waals surface area (Å²) < 4.78 is 23.8. The largest absolute Gasteiger partial charge is 0.327 e. The molecule has 0 aliphatic carbocycles. The second-order valence-electron chi connectivity index (χ2n) is 4.68. The lowest BCUT2D eigenvalue weighted by molar-refractivity contribution is 0.482. The fourth-order valence-corrected chi connectivity index (χ4v) is 5.24. The highest BCUT2D eigenvalue weighted by Crippen LogP contribution is 2.24. The van der Waals surface area contributed by atoms with E-state index in [9.17, 15) is 8.42 Å². The number of nitrogens with two attached hydrogens (primary N) is 1. The van der Waals surface area contributed by atoms with Crippen molar-refractivity contribution >= 4 is 21.2 Å². The Morgan fingerprint density at radius 2 is 2.29 bits per heavy atom. The molecule has 1 fully saturated rings. The highest BCUT2D eigenvalue weighted by atomic mass is 32.2. The van der Waals surface area contributed by atoms with Gasteiger partial charge >= 0.3 is 0 Å². The Balaban J connectivity index is 1.92. The summed E-state index contributed by atoms with van der Waals surface area (Å²) in [5, 5.41) is 1.73. The van der Waals surface area contributed by atoms with Gasteiger partial charge in [-0.1, -0.05) is 12.5 Å². The molecular weight excluding hydrogens is 254 g/mol. The maximum Gasteiger partial charge on any atom is 0.154 e. The third kappa shape index (κ3) is 3.30. The number of aryl methyl sites for hydroxylation is 1. The molecule has 1 aliphatic heterocycles. The Kier molecular flexibility index (Phi) is 4.22. The van der Waals surface area contributed by atoms with Crippen molar-refractivity contribution in [2.45, 2.75) is 43.4 Å². The fraction of sp³-hybridized carbons (Fsp3) is 0.667. The summed E-state index contributed by atoms with van der Waals surface area (Å²) in [5.41, 5.74) is 6.07. The minimum Gasteiger partial charge on any atom is -0.327 e. The number of thiophene rings is 1. The summed E-state index contributed by atoms with van der Waals surface area (Å²) in [7, 11) is -2.94. The molecule has 1 aromatic rings. The normalized spacial score (nSPS) is 25.6. The van der Waals surface area contributed by atoms with Crippen LogP contribution in [-0.4, -0.2) is 25.5 Å². The highest BCUT2D eigenvalue weighted by molar-refractivity contribution is 7.92. The first-order valence-electron chi connectivity index (χ1n) is 6.09. The van der Waals surface area contributed by atoms with Gasteiger partial charge in [-0.3, -0.25) is 0 Å². The molecular formula is C12H19NO2S2. The molecule has 0 spiro atoms. The predicted octanol–water partition coefficient (Wildman–Crippen LogP) is 1.98. The van der Waals surface area contributed by atoms with Gasteiger partial charge in [0, 0.05) is 10.9 Å². The van der Waals surface area contributed by atoms with Crippen molar-refractivity contribution in [2.24, 2.45) is 5.73 Å². The molecule has 0 amide bonds. The molecule has 2 heterocycles. The van der Waals surface area contributed by atoms with Crippen molar-refractivity contribution in [1.29, 1.82) is 0 Å². The topological polar surface area (TPSA) is 60.2 Å². The Bertz CT molecular complexity index is 439. The van der Waals surface area contributed by atoms with E-state index in [1.54, 1.807) is 11.3 Å². The van der Waals surface area contributed by atoms with Crippen LogP contribution in [0.5, 0.6) is 0 Å². The molecule has 0 saturated carbocycles. The Morgan fingerprint density at radius 1 is 1.47 bits per heavy atom. The lowest BCUT2D eigenvalue weighted by Gasteiger charge is -2.27. The summed E-state index contributed by atoms with van der Waals surface area (Å²) >= 11 is 1.71. The Labute approximate surface area is 107 Å². The molecule has 2 N–H and O–H groups in total. The van der Waals surface area contributed by atoms with Crippen LogP contribution in [0.4, 0.5) is 0 Å². The molecule has 3 nitrogen and oxygen atoms in total. The van der Waals surface area contributed by atoms with Crippen LogP contribution < -0.4 is 5.73 Å². The van der Waals surface area contributed by atoms with Crippen molar-refractivity contribution in [1.82, 2.24) is 0 Å². The van der Waals surface area contributed by atoms with Crippen molar-refractivity contribution in [3.05, 3.63) is 22.4 Å². The maximum atomic E-state index is 11.9. The van der Waals surface area contributed by atoms with Gasteiger partial charge in [-0.25, -0.2) is 8.42 Å². The Hall–Kier alpha value is -0.390. The summed E-state index contributed by atoms with van der Waals surface area (Å²) in [5.74, 6) is 0.324. The van der Waals surface area contributed by atoms with Crippen molar-refractivity contribution in [2.75, 3.05) is 5.75 Å². The molecule has 96 valence electrons. The van der Waals surface area contributed by atoms with E-state index in [2.05, 4.69) is 6.07 Å². The zero-order valence-corrected chi connectivity index (χ0v) is 11.5. The first-order valence-corrected chi connectivity index (χ1v) is 8.68. The highest BCUT2D eigenvalue weighted by Gasteiger charge is 2.33. The van der Waals surface area contributed by atoms with Crippen LogP contribution in [0, 0.1) is 0 Å². The van der Waals surface area contributed by atoms with Crippen molar-refractivity contribution in [3.8, 4) is 0 Å². The van der Waals surface area contributed by atoms with E-state index < -0.39 is 9.84 Å². The smallest absolute Gasteiger partial charge is 0.154 e. The lowest BCUT2D eigenvalue weighted by atomic mass is 10.0. The second-order valence-corrected chi connectivity index (χ2v) is 8.05. The van der Waals surface area contributed by atoms with Gasteiger partial charge in [-0.15, -0.1) is 11.3 Å². The summed E-state index contributed by atoms with van der Waals surface area (Å²) in [4.78, 5) is 1.29. The average molecular weight is 273 g/mol. The molecule has 0 bridgehead atoms. The molecule has 1 aliphatic rings. The number of hydrogen-bond donors (Lipinski definition) is 1. The van der Waals surface area contributed by atoms with Gasteiger partial charge in [-0.2, -0.15) is 0 Å². The zero-order valence-electron chi connectivity index (χ0n) is 9.84. The van der Waals surface area contributed by atoms with Crippen LogP contribution in [0.25, 0.3) is 0 Å². The summed E-state index contributed by atoms with van der Waals surface area (Å²) in [6.45, 7) is 0. The third-order valence-electron chi connectivity index (χ3n) is 3.41. The molecule has 0 radical (unpaired) electrons. The molecule has 1 saturated heterocycles. The van der Waals surface area contributed by atoms with E-state index in [4.69, 9.17) is 5.73 Å². The number of sulfone groups is 1. The maximum absolute atomic E-state index is 11.9. The first-order chi connectivity index (χ1) is 8.09. The first kappa shape index (κ1) is 13.1. The van der Waals surface area contributed by atoms with E-state index in [0.29, 0.717) is 5.75 Å². The van der Waals surface area contributed by atoms with E-state index in [0.717, 1.165) is 32.1 Å². The molecule has 2 rings (SSSR count). The minimum atomic E-state index is -2.94. The van der Waals surface area contributed by atoms with Crippen LogP contribution in [-0.2, 0) is 16.3 Å². The minimum absolute atomic E-state index is 0.206. The number of rotatable bonds is 4. The second kappa shape index (κ2) is 5.50. The molecule has 2 unspecified atom stereocenters. The molecule has 17 heavy (non-hydrogen) atoms. The van der Waals surface area contributed by atoms with Crippen LogP contribution >= 0.6 is 11.3 Å². The predicted molar refractivity (Wildman–Crippen MR) is 72.0 cm³/mol. The SMILES string of the molecule is NC(CCc1cccs1)C1CCCCS1(=O)=O. The van der Waals surface area contributed by atoms with Crippen LogP contribution in [0.2, 0.25) is 0 Å². The van der Waals surface area contributed by atoms with Gasteiger partial charge in [0.25, 0.3) is 0 Å². The molecule has 2 atom stereocenters. The van der Waals surface area contributed by atoms with Gasteiger partial charge in [0.05, 0.1) is 11.0 Å². The van der Waals surface area contributed by atoms with Gasteiger partial charge in [0.15, 0.2) is 9.84 Å². The van der Waals surface area contributed by atoms with Crippen molar-refractivity contribution in [3.63, 3.8) is 0 Å². The molecule has 0 aromatic carbocycles.